The summed E-state index contributed by atoms with van der Waals surface area (Å²) in [7, 11) is 3.93. The number of phenolic OH excluding ortho intramolecular Hbond substituents is 1. The number of carbonyl (C=O) groups is 1. The zero-order valence-corrected chi connectivity index (χ0v) is 18.4. The zero-order chi connectivity index (χ0) is 23.8. The van der Waals surface area contributed by atoms with Crippen LogP contribution in [0, 0.1) is 0 Å². The van der Waals surface area contributed by atoms with Crippen LogP contribution in [0.3, 0.4) is 0 Å². The largest absolute Gasteiger partial charge is 0.507 e. The minimum atomic E-state index is -4.30. The normalized spacial score (nSPS) is 13.7. The summed E-state index contributed by atoms with van der Waals surface area (Å²) < 4.78 is 43.7. The predicted molar refractivity (Wildman–Crippen MR) is 116 cm³/mol. The maximum atomic E-state index is 13.2. The van der Waals surface area contributed by atoms with Gasteiger partial charge in [-0.15, -0.1) is 0 Å². The van der Waals surface area contributed by atoms with Gasteiger partial charge in [-0.05, 0) is 49.8 Å². The average molecular weight is 462 g/mol. The summed E-state index contributed by atoms with van der Waals surface area (Å²) in [4.78, 5) is 16.8. The highest BCUT2D eigenvalue weighted by atomic mass is 19.4. The number of aromatic nitrogens is 2. The van der Waals surface area contributed by atoms with E-state index in [1.54, 1.807) is 4.90 Å². The second kappa shape index (κ2) is 8.93. The van der Waals surface area contributed by atoms with Crippen molar-refractivity contribution < 1.29 is 27.8 Å². The molecule has 4 rings (SSSR count). The number of hydrogen-bond donors (Lipinski definition) is 2. The molecule has 33 heavy (non-hydrogen) atoms. The number of fused-ring (bicyclic) bond motifs is 2. The number of hydrogen-bond acceptors (Lipinski definition) is 5. The molecular weight excluding hydrogens is 437 g/mol. The molecule has 1 aliphatic rings. The monoisotopic (exact) mass is 462 g/mol. The van der Waals surface area contributed by atoms with Crippen LogP contribution in [0.5, 0.6) is 11.5 Å². The summed E-state index contributed by atoms with van der Waals surface area (Å²) >= 11 is 0. The third-order valence-corrected chi connectivity index (χ3v) is 5.63. The number of nitrogens with zero attached hydrogens (tertiary/aromatic N) is 3. The average Bonchev–Trinajstić information content (AvgIpc) is 3.33. The van der Waals surface area contributed by atoms with Crippen LogP contribution in [0.25, 0.3) is 10.9 Å². The Bertz CT molecular complexity index is 1170. The summed E-state index contributed by atoms with van der Waals surface area (Å²) in [6.07, 6.45) is -5.59. The molecule has 0 saturated heterocycles. The van der Waals surface area contributed by atoms with Crippen molar-refractivity contribution >= 4 is 16.8 Å². The van der Waals surface area contributed by atoms with Crippen LogP contribution in [0.2, 0.25) is 0 Å². The van der Waals surface area contributed by atoms with Crippen LogP contribution in [0.15, 0.2) is 30.3 Å². The smallest absolute Gasteiger partial charge is 0.389 e. The van der Waals surface area contributed by atoms with Crippen LogP contribution in [0.4, 0.5) is 13.2 Å². The number of halogens is 3. The second-order valence-electron chi connectivity index (χ2n) is 8.45. The highest BCUT2D eigenvalue weighted by Gasteiger charge is 2.29. The number of aryl methyl sites for hydroxylation is 1. The van der Waals surface area contributed by atoms with Crippen LogP contribution < -0.4 is 4.74 Å². The van der Waals surface area contributed by atoms with Crippen molar-refractivity contribution in [2.75, 3.05) is 27.2 Å². The lowest BCUT2D eigenvalue weighted by Gasteiger charge is -2.16. The lowest BCUT2D eigenvalue weighted by molar-refractivity contribution is -0.134. The number of H-pyrrole nitrogens is 1. The van der Waals surface area contributed by atoms with E-state index >= 15 is 0 Å². The molecule has 176 valence electrons. The molecule has 0 spiro atoms. The second-order valence-corrected chi connectivity index (χ2v) is 8.45. The van der Waals surface area contributed by atoms with Crippen LogP contribution in [-0.4, -0.2) is 64.4 Å². The summed E-state index contributed by atoms with van der Waals surface area (Å²) in [5.41, 5.74) is 2.57. The molecule has 2 N–H and O–H groups in total. The number of likely N-dealkylation sites (N-methyl/N-ethyl adjacent to an activating group) is 1. The van der Waals surface area contributed by atoms with Crippen molar-refractivity contribution in [1.29, 1.82) is 0 Å². The Morgan fingerprint density at radius 1 is 1.21 bits per heavy atom. The number of phenols is 1. The van der Waals surface area contributed by atoms with Gasteiger partial charge in [0.05, 0.1) is 11.1 Å². The molecule has 1 amide bonds. The molecule has 3 aromatic rings. The van der Waals surface area contributed by atoms with Crippen molar-refractivity contribution in [3.8, 4) is 11.5 Å². The highest BCUT2D eigenvalue weighted by molar-refractivity contribution is 6.01. The summed E-state index contributed by atoms with van der Waals surface area (Å²) in [5.74, 6) is 0.0653. The molecule has 2 aromatic carbocycles. The number of aromatic hydroxyl groups is 1. The number of carbonyl (C=O) groups excluding carboxylic acids is 1. The van der Waals surface area contributed by atoms with Gasteiger partial charge in [0.25, 0.3) is 5.91 Å². The third kappa shape index (κ3) is 5.22. The number of ether oxygens (including phenoxy) is 1. The van der Waals surface area contributed by atoms with Crippen molar-refractivity contribution in [3.05, 3.63) is 52.7 Å². The number of amides is 1. The number of alkyl halides is 3. The van der Waals surface area contributed by atoms with E-state index in [0.29, 0.717) is 30.6 Å². The number of aromatic amines is 1. The SMILES string of the molecule is CN(C)CCOc1ccc2c(c1)CN(C(=O)c1cc3c(CCC(F)(F)F)[nH]nc3cc1O)C2. The maximum absolute atomic E-state index is 13.2. The number of nitrogens with one attached hydrogen (secondary N) is 1. The van der Waals surface area contributed by atoms with Crippen LogP contribution >= 0.6 is 0 Å². The van der Waals surface area contributed by atoms with Crippen molar-refractivity contribution in [3.63, 3.8) is 0 Å². The number of benzene rings is 2. The molecule has 0 aliphatic carbocycles. The fourth-order valence-electron chi connectivity index (χ4n) is 3.85. The van der Waals surface area contributed by atoms with Gasteiger partial charge in [-0.2, -0.15) is 18.3 Å². The molecule has 0 atom stereocenters. The van der Waals surface area contributed by atoms with Crippen LogP contribution in [0.1, 0.15) is 33.6 Å². The van der Waals surface area contributed by atoms with E-state index in [1.165, 1.54) is 12.1 Å². The van der Waals surface area contributed by atoms with Crippen molar-refractivity contribution in [2.24, 2.45) is 0 Å². The fraction of sp³-hybridized carbons (Fsp3) is 0.391. The molecule has 0 bridgehead atoms. The molecule has 2 heterocycles. The predicted octanol–water partition coefficient (Wildman–Crippen LogP) is 3.86. The van der Waals surface area contributed by atoms with Gasteiger partial charge in [-0.1, -0.05) is 6.07 Å². The Kier molecular flexibility index (Phi) is 6.20. The van der Waals surface area contributed by atoms with Gasteiger partial charge in [-0.25, -0.2) is 0 Å². The molecule has 0 radical (unpaired) electrons. The molecule has 10 heteroatoms. The minimum Gasteiger partial charge on any atom is -0.507 e. The van der Waals surface area contributed by atoms with E-state index in [-0.39, 0.29) is 23.4 Å². The molecular formula is C23H25F3N4O3. The van der Waals surface area contributed by atoms with Gasteiger partial charge in [0.1, 0.15) is 18.1 Å². The zero-order valence-electron chi connectivity index (χ0n) is 18.4. The minimum absolute atomic E-state index is 0.0346. The van der Waals surface area contributed by atoms with Gasteiger partial charge in [0.2, 0.25) is 0 Å². The van der Waals surface area contributed by atoms with E-state index in [0.717, 1.165) is 23.4 Å². The van der Waals surface area contributed by atoms with Gasteiger partial charge < -0.3 is 19.6 Å². The van der Waals surface area contributed by atoms with E-state index in [2.05, 4.69) is 10.2 Å². The summed E-state index contributed by atoms with van der Waals surface area (Å²) in [5, 5.41) is 17.4. The topological polar surface area (TPSA) is 81.7 Å². The molecule has 1 aromatic heterocycles. The lowest BCUT2D eigenvalue weighted by atomic mass is 10.1. The van der Waals surface area contributed by atoms with Crippen molar-refractivity contribution in [2.45, 2.75) is 32.1 Å². The van der Waals surface area contributed by atoms with Gasteiger partial charge in [0, 0.05) is 43.2 Å². The quantitative estimate of drug-likeness (QED) is 0.557. The first-order valence-electron chi connectivity index (χ1n) is 10.6. The Morgan fingerprint density at radius 2 is 1.97 bits per heavy atom. The number of rotatable bonds is 7. The van der Waals surface area contributed by atoms with Gasteiger partial charge in [0.15, 0.2) is 0 Å². The summed E-state index contributed by atoms with van der Waals surface area (Å²) in [6.45, 7) is 2.05. The first kappa shape index (κ1) is 22.9. The van der Waals surface area contributed by atoms with E-state index < -0.39 is 18.5 Å². The van der Waals surface area contributed by atoms with E-state index in [9.17, 15) is 23.1 Å². The lowest BCUT2D eigenvalue weighted by Crippen LogP contribution is -2.25. The Balaban J connectivity index is 1.51. The molecule has 0 unspecified atom stereocenters. The van der Waals surface area contributed by atoms with E-state index in [4.69, 9.17) is 4.74 Å². The van der Waals surface area contributed by atoms with Crippen LogP contribution in [-0.2, 0) is 19.5 Å². The van der Waals surface area contributed by atoms with Gasteiger partial charge >= 0.3 is 6.18 Å². The first-order valence-corrected chi connectivity index (χ1v) is 10.6. The van der Waals surface area contributed by atoms with E-state index in [1.807, 2.05) is 37.2 Å². The van der Waals surface area contributed by atoms with Gasteiger partial charge in [-0.3, -0.25) is 9.89 Å². The standard InChI is InChI=1S/C23H25F3N4O3/c1-29(2)7-8-33-16-4-3-14-12-30(13-15(14)9-16)22(32)18-10-17-19(5-6-23(24,25)26)27-28-20(17)11-21(18)31/h3-4,9-11,31H,5-8,12-13H2,1-2H3,(H,27,28). The highest BCUT2D eigenvalue weighted by Crippen LogP contribution is 2.32. The van der Waals surface area contributed by atoms with Crippen molar-refractivity contribution in [1.82, 2.24) is 20.0 Å². The molecule has 0 fully saturated rings. The molecule has 0 saturated carbocycles. The Labute approximate surface area is 188 Å². The molecule has 1 aliphatic heterocycles. The Morgan fingerprint density at radius 3 is 2.70 bits per heavy atom. The summed E-state index contributed by atoms with van der Waals surface area (Å²) in [6, 6.07) is 8.41. The first-order chi connectivity index (χ1) is 15.6. The third-order valence-electron chi connectivity index (χ3n) is 5.63. The fourth-order valence-corrected chi connectivity index (χ4v) is 3.85. The Hall–Kier alpha value is -3.27. The molecule has 7 nitrogen and oxygen atoms in total. The maximum Gasteiger partial charge on any atom is 0.389 e.